The Balaban J connectivity index is 2.95. The Hall–Kier alpha value is -0.670. The SMILES string of the molecule is Fc1c(Cl)sc2c(F)cccc12. The summed E-state index contributed by atoms with van der Waals surface area (Å²) in [4.78, 5) is 0. The average molecular weight is 205 g/mol. The molecular weight excluding hydrogens is 202 g/mol. The van der Waals surface area contributed by atoms with Crippen LogP contribution in [0, 0.1) is 11.6 Å². The highest BCUT2D eigenvalue weighted by Crippen LogP contribution is 2.34. The number of halogens is 3. The zero-order valence-corrected chi connectivity index (χ0v) is 7.35. The Labute approximate surface area is 76.4 Å². The van der Waals surface area contributed by atoms with Gasteiger partial charge in [0.2, 0.25) is 0 Å². The number of rotatable bonds is 0. The molecule has 0 aliphatic heterocycles. The number of hydrogen-bond donors (Lipinski definition) is 0. The van der Waals surface area contributed by atoms with E-state index in [-0.39, 0.29) is 14.4 Å². The molecule has 0 unspecified atom stereocenters. The number of benzene rings is 1. The van der Waals surface area contributed by atoms with Crippen molar-refractivity contribution in [3.8, 4) is 0 Å². The van der Waals surface area contributed by atoms with E-state index in [2.05, 4.69) is 0 Å². The normalized spacial score (nSPS) is 10.9. The van der Waals surface area contributed by atoms with Crippen LogP contribution in [-0.4, -0.2) is 0 Å². The third-order valence-electron chi connectivity index (χ3n) is 1.57. The molecule has 0 nitrogen and oxygen atoms in total. The van der Waals surface area contributed by atoms with Crippen molar-refractivity contribution in [3.05, 3.63) is 34.2 Å². The van der Waals surface area contributed by atoms with Crippen LogP contribution in [0.4, 0.5) is 8.78 Å². The molecule has 0 radical (unpaired) electrons. The van der Waals surface area contributed by atoms with E-state index >= 15 is 0 Å². The molecule has 0 amide bonds. The molecule has 12 heavy (non-hydrogen) atoms. The molecule has 0 saturated heterocycles. The standard InChI is InChI=1S/C8H3ClF2S/c9-8-6(11)4-2-1-3-5(10)7(4)12-8/h1-3H. The molecular formula is C8H3ClF2S. The maximum absolute atomic E-state index is 13.1. The Morgan fingerprint density at radius 1 is 1.25 bits per heavy atom. The van der Waals surface area contributed by atoms with Crippen molar-refractivity contribution < 1.29 is 8.78 Å². The highest BCUT2D eigenvalue weighted by Gasteiger charge is 2.12. The highest BCUT2D eigenvalue weighted by atomic mass is 35.5. The third-order valence-corrected chi connectivity index (χ3v) is 2.94. The molecule has 0 aliphatic rings. The second-order valence-electron chi connectivity index (χ2n) is 2.31. The van der Waals surface area contributed by atoms with E-state index in [4.69, 9.17) is 11.6 Å². The van der Waals surface area contributed by atoms with Gasteiger partial charge in [0.05, 0.1) is 4.70 Å². The van der Waals surface area contributed by atoms with Crippen molar-refractivity contribution in [3.63, 3.8) is 0 Å². The quantitative estimate of drug-likeness (QED) is 0.612. The van der Waals surface area contributed by atoms with E-state index in [1.54, 1.807) is 0 Å². The molecule has 2 rings (SSSR count). The largest absolute Gasteiger partial charge is 0.205 e. The summed E-state index contributed by atoms with van der Waals surface area (Å²) in [6, 6.07) is 4.26. The van der Waals surface area contributed by atoms with Gasteiger partial charge >= 0.3 is 0 Å². The lowest BCUT2D eigenvalue weighted by atomic mass is 10.2. The predicted octanol–water partition coefficient (Wildman–Crippen LogP) is 3.83. The lowest BCUT2D eigenvalue weighted by Crippen LogP contribution is -1.73. The Kier molecular flexibility index (Phi) is 1.77. The van der Waals surface area contributed by atoms with Crippen LogP contribution in [0.2, 0.25) is 4.34 Å². The maximum Gasteiger partial charge on any atom is 0.160 e. The Morgan fingerprint density at radius 2 is 2.00 bits per heavy atom. The first kappa shape index (κ1) is 7.95. The Bertz CT molecular complexity index is 436. The molecule has 0 N–H and O–H groups in total. The zero-order chi connectivity index (χ0) is 8.72. The van der Waals surface area contributed by atoms with Gasteiger partial charge in [-0.05, 0) is 6.07 Å². The molecule has 1 heterocycles. The summed E-state index contributed by atoms with van der Waals surface area (Å²) in [5, 5.41) is 0.255. The van der Waals surface area contributed by atoms with Crippen LogP contribution >= 0.6 is 22.9 Å². The van der Waals surface area contributed by atoms with Crippen LogP contribution in [0.3, 0.4) is 0 Å². The van der Waals surface area contributed by atoms with E-state index < -0.39 is 11.6 Å². The van der Waals surface area contributed by atoms with Crippen molar-refractivity contribution in [2.24, 2.45) is 0 Å². The molecule has 4 heteroatoms. The summed E-state index contributed by atoms with van der Waals surface area (Å²) in [6.07, 6.45) is 0. The predicted molar refractivity (Wildman–Crippen MR) is 46.8 cm³/mol. The second kappa shape index (κ2) is 2.68. The van der Waals surface area contributed by atoms with Crippen molar-refractivity contribution in [1.82, 2.24) is 0 Å². The van der Waals surface area contributed by atoms with Crippen molar-refractivity contribution in [1.29, 1.82) is 0 Å². The van der Waals surface area contributed by atoms with Crippen molar-refractivity contribution >= 4 is 33.0 Å². The summed E-state index contributed by atoms with van der Waals surface area (Å²) < 4.78 is 26.3. The number of fused-ring (bicyclic) bond motifs is 1. The van der Waals surface area contributed by atoms with Gasteiger partial charge in [0.25, 0.3) is 0 Å². The van der Waals surface area contributed by atoms with Crippen LogP contribution < -0.4 is 0 Å². The Morgan fingerprint density at radius 3 is 2.67 bits per heavy atom. The minimum absolute atomic E-state index is 0.00935. The van der Waals surface area contributed by atoms with E-state index in [1.807, 2.05) is 0 Å². The van der Waals surface area contributed by atoms with Gasteiger partial charge in [-0.3, -0.25) is 0 Å². The van der Waals surface area contributed by atoms with Gasteiger partial charge < -0.3 is 0 Å². The molecule has 1 aromatic heterocycles. The fourth-order valence-electron chi connectivity index (χ4n) is 1.03. The molecule has 0 saturated carbocycles. The topological polar surface area (TPSA) is 0 Å². The molecule has 62 valence electrons. The lowest BCUT2D eigenvalue weighted by molar-refractivity contribution is 0.635. The van der Waals surface area contributed by atoms with Crippen LogP contribution in [0.5, 0.6) is 0 Å². The van der Waals surface area contributed by atoms with Crippen LogP contribution in [0.25, 0.3) is 10.1 Å². The molecule has 0 aliphatic carbocycles. The first-order valence-electron chi connectivity index (χ1n) is 3.22. The summed E-state index contributed by atoms with van der Waals surface area (Å²) in [5.74, 6) is -0.959. The third kappa shape index (κ3) is 1.01. The maximum atomic E-state index is 13.1. The van der Waals surface area contributed by atoms with Crippen LogP contribution in [0.15, 0.2) is 18.2 Å². The number of thiophene rings is 1. The molecule has 0 atom stereocenters. The molecule has 1 aromatic carbocycles. The van der Waals surface area contributed by atoms with E-state index in [0.29, 0.717) is 0 Å². The van der Waals surface area contributed by atoms with Gasteiger partial charge in [0.1, 0.15) is 10.2 Å². The molecule has 0 fully saturated rings. The summed E-state index contributed by atoms with van der Waals surface area (Å²) in [7, 11) is 0. The van der Waals surface area contributed by atoms with Crippen molar-refractivity contribution in [2.45, 2.75) is 0 Å². The van der Waals surface area contributed by atoms with E-state index in [1.165, 1.54) is 18.2 Å². The molecule has 0 spiro atoms. The average Bonchev–Trinajstić information content (AvgIpc) is 2.32. The van der Waals surface area contributed by atoms with Gasteiger partial charge in [0, 0.05) is 5.39 Å². The van der Waals surface area contributed by atoms with Gasteiger partial charge in [-0.1, -0.05) is 23.7 Å². The highest BCUT2D eigenvalue weighted by molar-refractivity contribution is 7.22. The van der Waals surface area contributed by atoms with Crippen LogP contribution in [0.1, 0.15) is 0 Å². The van der Waals surface area contributed by atoms with E-state index in [9.17, 15) is 8.78 Å². The minimum atomic E-state index is -0.531. The first-order chi connectivity index (χ1) is 5.70. The fourth-order valence-corrected chi connectivity index (χ4v) is 2.17. The second-order valence-corrected chi connectivity index (χ2v) is 3.93. The van der Waals surface area contributed by atoms with Gasteiger partial charge in [0.15, 0.2) is 5.82 Å². The van der Waals surface area contributed by atoms with Gasteiger partial charge in [-0.25, -0.2) is 8.78 Å². The number of hydrogen-bond acceptors (Lipinski definition) is 1. The smallest absolute Gasteiger partial charge is 0.160 e. The van der Waals surface area contributed by atoms with Gasteiger partial charge in [-0.2, -0.15) is 0 Å². The first-order valence-corrected chi connectivity index (χ1v) is 4.41. The zero-order valence-electron chi connectivity index (χ0n) is 5.77. The van der Waals surface area contributed by atoms with Gasteiger partial charge in [-0.15, -0.1) is 11.3 Å². The fraction of sp³-hybridized carbons (Fsp3) is 0. The lowest BCUT2D eigenvalue weighted by Gasteiger charge is -1.88. The summed E-state index contributed by atoms with van der Waals surface area (Å²) in [5.41, 5.74) is 0. The molecule has 0 bridgehead atoms. The van der Waals surface area contributed by atoms with Crippen LogP contribution in [-0.2, 0) is 0 Å². The monoisotopic (exact) mass is 204 g/mol. The van der Waals surface area contributed by atoms with E-state index in [0.717, 1.165) is 11.3 Å². The summed E-state index contributed by atoms with van der Waals surface area (Å²) >= 11 is 6.42. The van der Waals surface area contributed by atoms with Crippen molar-refractivity contribution in [2.75, 3.05) is 0 Å². The molecule has 2 aromatic rings. The minimum Gasteiger partial charge on any atom is -0.205 e. The summed E-state index contributed by atoms with van der Waals surface area (Å²) in [6.45, 7) is 0.